The number of anilines is 2. The smallest absolute Gasteiger partial charge is 0.269 e. The number of benzene rings is 1. The van der Waals surface area contributed by atoms with Crippen LogP contribution in [-0.4, -0.2) is 20.8 Å². The average Bonchev–Trinajstić information content (AvgIpc) is 2.84. The number of aromatic nitrogens is 2. The molecule has 2 rings (SSSR count). The van der Waals surface area contributed by atoms with E-state index in [2.05, 4.69) is 15.7 Å². The molecule has 0 saturated carbocycles. The summed E-state index contributed by atoms with van der Waals surface area (Å²) in [6.07, 6.45) is 1.51. The van der Waals surface area contributed by atoms with Crippen LogP contribution in [0.1, 0.15) is 17.4 Å². The van der Waals surface area contributed by atoms with E-state index < -0.39 is 5.91 Å². The Kier molecular flexibility index (Phi) is 4.77. The fourth-order valence-electron chi connectivity index (χ4n) is 1.79. The third-order valence-electron chi connectivity index (χ3n) is 2.72. The van der Waals surface area contributed by atoms with Crippen molar-refractivity contribution in [3.8, 4) is 0 Å². The standard InChI is InChI=1S/C13H14ClN5OS/c1-2-19-11(12(15)20)10(7-16-19)18-13(21)17-9-5-3-8(14)4-6-9/h3-7H,2H2,1H3,(H2,15,20)(H2,17,18,21). The predicted octanol–water partition coefficient (Wildman–Crippen LogP) is 2.46. The van der Waals surface area contributed by atoms with Gasteiger partial charge >= 0.3 is 0 Å². The van der Waals surface area contributed by atoms with E-state index in [0.29, 0.717) is 22.4 Å². The fraction of sp³-hybridized carbons (Fsp3) is 0.154. The Morgan fingerprint density at radius 3 is 2.62 bits per heavy atom. The Balaban J connectivity index is 2.11. The largest absolute Gasteiger partial charge is 0.364 e. The number of hydrogen-bond donors (Lipinski definition) is 3. The number of nitrogens with two attached hydrogens (primary N) is 1. The summed E-state index contributed by atoms with van der Waals surface area (Å²) in [5.74, 6) is -0.564. The number of hydrogen-bond acceptors (Lipinski definition) is 3. The van der Waals surface area contributed by atoms with Crippen LogP contribution in [0.15, 0.2) is 30.5 Å². The van der Waals surface area contributed by atoms with Crippen LogP contribution < -0.4 is 16.4 Å². The first kappa shape index (κ1) is 15.3. The third kappa shape index (κ3) is 3.71. The number of rotatable bonds is 4. The SMILES string of the molecule is CCn1ncc(NC(=S)Nc2ccc(Cl)cc2)c1C(N)=O. The first-order valence-corrected chi connectivity index (χ1v) is 6.99. The molecule has 0 aliphatic rings. The Morgan fingerprint density at radius 1 is 1.38 bits per heavy atom. The summed E-state index contributed by atoms with van der Waals surface area (Å²) in [6, 6.07) is 7.08. The predicted molar refractivity (Wildman–Crippen MR) is 87.7 cm³/mol. The zero-order valence-electron chi connectivity index (χ0n) is 11.3. The molecule has 0 unspecified atom stereocenters. The molecule has 0 bridgehead atoms. The van der Waals surface area contributed by atoms with Crippen LogP contribution in [-0.2, 0) is 6.54 Å². The molecule has 1 heterocycles. The average molecular weight is 324 g/mol. The minimum atomic E-state index is -0.564. The molecule has 2 aromatic rings. The van der Waals surface area contributed by atoms with Crippen molar-refractivity contribution in [1.29, 1.82) is 0 Å². The number of nitrogens with zero attached hydrogens (tertiary/aromatic N) is 2. The Hall–Kier alpha value is -2.12. The maximum atomic E-state index is 11.5. The first-order valence-electron chi connectivity index (χ1n) is 6.20. The lowest BCUT2D eigenvalue weighted by atomic mass is 10.3. The van der Waals surface area contributed by atoms with Gasteiger partial charge in [-0.3, -0.25) is 9.48 Å². The van der Waals surface area contributed by atoms with E-state index in [0.717, 1.165) is 5.69 Å². The van der Waals surface area contributed by atoms with Gasteiger partial charge in [-0.15, -0.1) is 0 Å². The third-order valence-corrected chi connectivity index (χ3v) is 3.18. The number of carbonyl (C=O) groups is 1. The Labute approximate surface area is 132 Å². The molecular formula is C13H14ClN5OS. The number of aryl methyl sites for hydroxylation is 1. The zero-order chi connectivity index (χ0) is 15.4. The van der Waals surface area contributed by atoms with E-state index in [4.69, 9.17) is 29.6 Å². The van der Waals surface area contributed by atoms with Crippen molar-refractivity contribution in [2.24, 2.45) is 5.73 Å². The number of primary amides is 1. The summed E-state index contributed by atoms with van der Waals surface area (Å²) in [6.45, 7) is 2.41. The van der Waals surface area contributed by atoms with E-state index in [1.807, 2.05) is 6.92 Å². The fourth-order valence-corrected chi connectivity index (χ4v) is 2.15. The lowest BCUT2D eigenvalue weighted by Gasteiger charge is -2.10. The first-order chi connectivity index (χ1) is 10.0. The summed E-state index contributed by atoms with van der Waals surface area (Å²) in [7, 11) is 0. The van der Waals surface area contributed by atoms with Gasteiger partial charge < -0.3 is 16.4 Å². The molecule has 0 saturated heterocycles. The topological polar surface area (TPSA) is 85.0 Å². The number of nitrogens with one attached hydrogen (secondary N) is 2. The highest BCUT2D eigenvalue weighted by Gasteiger charge is 2.16. The van der Waals surface area contributed by atoms with Crippen LogP contribution >= 0.6 is 23.8 Å². The van der Waals surface area contributed by atoms with Gasteiger partial charge in [0.1, 0.15) is 5.69 Å². The van der Waals surface area contributed by atoms with Gasteiger partial charge in [-0.05, 0) is 43.4 Å². The number of carbonyl (C=O) groups excluding carboxylic acids is 1. The van der Waals surface area contributed by atoms with Crippen LogP contribution in [0.3, 0.4) is 0 Å². The van der Waals surface area contributed by atoms with Crippen molar-refractivity contribution in [1.82, 2.24) is 9.78 Å². The van der Waals surface area contributed by atoms with E-state index in [9.17, 15) is 4.79 Å². The van der Waals surface area contributed by atoms with Gasteiger partial charge in [0, 0.05) is 17.3 Å². The highest BCUT2D eigenvalue weighted by atomic mass is 35.5. The molecular weight excluding hydrogens is 310 g/mol. The quantitative estimate of drug-likeness (QED) is 0.753. The monoisotopic (exact) mass is 323 g/mol. The maximum absolute atomic E-state index is 11.5. The van der Waals surface area contributed by atoms with Crippen LogP contribution in [0.4, 0.5) is 11.4 Å². The summed E-state index contributed by atoms with van der Waals surface area (Å²) < 4.78 is 1.51. The van der Waals surface area contributed by atoms with Crippen molar-refractivity contribution >= 4 is 46.2 Å². The molecule has 0 fully saturated rings. The number of halogens is 1. The molecule has 0 aliphatic carbocycles. The second-order valence-corrected chi connectivity index (χ2v) is 5.02. The van der Waals surface area contributed by atoms with E-state index in [1.165, 1.54) is 10.9 Å². The molecule has 110 valence electrons. The lowest BCUT2D eigenvalue weighted by Crippen LogP contribution is -2.23. The second kappa shape index (κ2) is 6.55. The highest BCUT2D eigenvalue weighted by molar-refractivity contribution is 7.80. The van der Waals surface area contributed by atoms with Gasteiger partial charge in [-0.25, -0.2) is 0 Å². The molecule has 6 nitrogen and oxygen atoms in total. The van der Waals surface area contributed by atoms with Gasteiger partial charge in [-0.1, -0.05) is 11.6 Å². The van der Waals surface area contributed by atoms with E-state index in [-0.39, 0.29) is 5.69 Å². The van der Waals surface area contributed by atoms with E-state index in [1.54, 1.807) is 24.3 Å². The summed E-state index contributed by atoms with van der Waals surface area (Å²) in [5, 5.41) is 10.9. The van der Waals surface area contributed by atoms with Crippen LogP contribution in [0.2, 0.25) is 5.02 Å². The molecule has 1 amide bonds. The molecule has 0 aliphatic heterocycles. The minimum Gasteiger partial charge on any atom is -0.364 e. The maximum Gasteiger partial charge on any atom is 0.269 e. The minimum absolute atomic E-state index is 0.290. The van der Waals surface area contributed by atoms with Gasteiger partial charge in [0.15, 0.2) is 5.11 Å². The summed E-state index contributed by atoms with van der Waals surface area (Å²) >= 11 is 11.0. The van der Waals surface area contributed by atoms with Gasteiger partial charge in [0.2, 0.25) is 0 Å². The van der Waals surface area contributed by atoms with Crippen molar-refractivity contribution in [3.05, 3.63) is 41.2 Å². The zero-order valence-corrected chi connectivity index (χ0v) is 12.8. The molecule has 0 spiro atoms. The Morgan fingerprint density at radius 2 is 2.05 bits per heavy atom. The van der Waals surface area contributed by atoms with Gasteiger partial charge in [0.25, 0.3) is 5.91 Å². The van der Waals surface area contributed by atoms with Crippen LogP contribution in [0.5, 0.6) is 0 Å². The lowest BCUT2D eigenvalue weighted by molar-refractivity contribution is 0.0991. The van der Waals surface area contributed by atoms with Crippen molar-refractivity contribution in [2.45, 2.75) is 13.5 Å². The van der Waals surface area contributed by atoms with Crippen molar-refractivity contribution in [3.63, 3.8) is 0 Å². The van der Waals surface area contributed by atoms with Gasteiger partial charge in [0.05, 0.1) is 11.9 Å². The molecule has 4 N–H and O–H groups in total. The highest BCUT2D eigenvalue weighted by Crippen LogP contribution is 2.16. The molecule has 1 aromatic heterocycles. The van der Waals surface area contributed by atoms with Crippen LogP contribution in [0, 0.1) is 0 Å². The summed E-state index contributed by atoms with van der Waals surface area (Å²) in [5.41, 5.74) is 6.90. The molecule has 8 heteroatoms. The van der Waals surface area contributed by atoms with Crippen molar-refractivity contribution in [2.75, 3.05) is 10.6 Å². The second-order valence-electron chi connectivity index (χ2n) is 4.17. The summed E-state index contributed by atoms with van der Waals surface area (Å²) in [4.78, 5) is 11.5. The molecule has 0 radical (unpaired) electrons. The number of amides is 1. The van der Waals surface area contributed by atoms with Crippen LogP contribution in [0.25, 0.3) is 0 Å². The normalized spacial score (nSPS) is 10.2. The Bertz CT molecular complexity index is 668. The van der Waals surface area contributed by atoms with Crippen molar-refractivity contribution < 1.29 is 4.79 Å². The molecule has 21 heavy (non-hydrogen) atoms. The molecule has 0 atom stereocenters. The van der Waals surface area contributed by atoms with Gasteiger partial charge in [-0.2, -0.15) is 5.10 Å². The molecule has 1 aromatic carbocycles. The van der Waals surface area contributed by atoms with E-state index >= 15 is 0 Å². The number of thiocarbonyl (C=S) groups is 1.